The molecule has 0 unspecified atom stereocenters. The molecule has 0 radical (unpaired) electrons. The lowest BCUT2D eigenvalue weighted by molar-refractivity contribution is 0.122. The van der Waals surface area contributed by atoms with E-state index in [2.05, 4.69) is 57.5 Å². The Balaban J connectivity index is 1.82. The molecule has 1 saturated heterocycles. The van der Waals surface area contributed by atoms with Crippen LogP contribution in [0.3, 0.4) is 0 Å². The maximum Gasteiger partial charge on any atom is 0.146 e. The first-order chi connectivity index (χ1) is 11.8. The van der Waals surface area contributed by atoms with E-state index in [-0.39, 0.29) is 0 Å². The Bertz CT molecular complexity index is 851. The van der Waals surface area contributed by atoms with Gasteiger partial charge in [-0.1, -0.05) is 30.3 Å². The summed E-state index contributed by atoms with van der Waals surface area (Å²) in [5.41, 5.74) is 4.82. The van der Waals surface area contributed by atoms with Crippen molar-refractivity contribution in [1.29, 1.82) is 0 Å². The highest BCUT2D eigenvalue weighted by molar-refractivity contribution is 5.92. The first kappa shape index (κ1) is 15.1. The number of anilines is 1. The molecule has 0 aliphatic carbocycles. The van der Waals surface area contributed by atoms with Crippen molar-refractivity contribution in [2.24, 2.45) is 0 Å². The second-order valence-corrected chi connectivity index (χ2v) is 6.28. The number of ether oxygens (including phenoxy) is 1. The molecule has 24 heavy (non-hydrogen) atoms. The minimum atomic E-state index is 0.758. The van der Waals surface area contributed by atoms with Gasteiger partial charge in [-0.3, -0.25) is 0 Å². The third-order valence-electron chi connectivity index (χ3n) is 4.88. The first-order valence-corrected chi connectivity index (χ1v) is 8.42. The Morgan fingerprint density at radius 2 is 1.79 bits per heavy atom. The van der Waals surface area contributed by atoms with E-state index in [0.29, 0.717) is 0 Å². The zero-order chi connectivity index (χ0) is 16.5. The van der Waals surface area contributed by atoms with Crippen LogP contribution in [0.1, 0.15) is 16.8 Å². The number of fused-ring (bicyclic) bond motifs is 1. The SMILES string of the molecule is Cc1c(C)n(Cc2ccccc2)c2ncnc(N3CCOCC3)c12. The normalized spacial score (nSPS) is 15.2. The fourth-order valence-corrected chi connectivity index (χ4v) is 3.42. The average molecular weight is 322 g/mol. The monoisotopic (exact) mass is 322 g/mol. The van der Waals surface area contributed by atoms with Gasteiger partial charge in [-0.05, 0) is 25.0 Å². The molecular weight excluding hydrogens is 300 g/mol. The maximum atomic E-state index is 5.48. The molecule has 5 heteroatoms. The molecule has 1 fully saturated rings. The maximum absolute atomic E-state index is 5.48. The Hall–Kier alpha value is -2.40. The predicted octanol–water partition coefficient (Wildman–Crippen LogP) is 2.93. The number of rotatable bonds is 3. The van der Waals surface area contributed by atoms with Crippen molar-refractivity contribution < 1.29 is 4.74 Å². The van der Waals surface area contributed by atoms with Crippen molar-refractivity contribution in [2.45, 2.75) is 20.4 Å². The first-order valence-electron chi connectivity index (χ1n) is 8.42. The third kappa shape index (κ3) is 2.55. The highest BCUT2D eigenvalue weighted by Gasteiger charge is 2.21. The number of aryl methyl sites for hydroxylation is 1. The molecule has 4 rings (SSSR count). The Morgan fingerprint density at radius 1 is 1.04 bits per heavy atom. The number of benzene rings is 1. The molecule has 1 aromatic carbocycles. The lowest BCUT2D eigenvalue weighted by atomic mass is 10.2. The van der Waals surface area contributed by atoms with Gasteiger partial charge in [-0.15, -0.1) is 0 Å². The second-order valence-electron chi connectivity index (χ2n) is 6.28. The van der Waals surface area contributed by atoms with Gasteiger partial charge >= 0.3 is 0 Å². The fraction of sp³-hybridized carbons (Fsp3) is 0.368. The van der Waals surface area contributed by atoms with Crippen molar-refractivity contribution in [3.63, 3.8) is 0 Å². The van der Waals surface area contributed by atoms with E-state index in [1.807, 2.05) is 6.07 Å². The lowest BCUT2D eigenvalue weighted by Gasteiger charge is -2.28. The van der Waals surface area contributed by atoms with E-state index in [1.165, 1.54) is 22.2 Å². The smallest absolute Gasteiger partial charge is 0.146 e. The number of nitrogens with zero attached hydrogens (tertiary/aromatic N) is 4. The van der Waals surface area contributed by atoms with E-state index in [9.17, 15) is 0 Å². The van der Waals surface area contributed by atoms with Crippen molar-refractivity contribution in [3.05, 3.63) is 53.5 Å². The summed E-state index contributed by atoms with van der Waals surface area (Å²) in [4.78, 5) is 11.5. The van der Waals surface area contributed by atoms with Crippen LogP contribution in [-0.2, 0) is 11.3 Å². The summed E-state index contributed by atoms with van der Waals surface area (Å²) >= 11 is 0. The Morgan fingerprint density at radius 3 is 2.54 bits per heavy atom. The number of aromatic nitrogens is 3. The molecule has 2 aromatic heterocycles. The molecule has 0 amide bonds. The average Bonchev–Trinajstić information content (AvgIpc) is 2.88. The van der Waals surface area contributed by atoms with Crippen molar-refractivity contribution in [2.75, 3.05) is 31.2 Å². The summed E-state index contributed by atoms with van der Waals surface area (Å²) < 4.78 is 7.78. The number of hydrogen-bond donors (Lipinski definition) is 0. The molecule has 3 heterocycles. The molecular formula is C19H22N4O. The van der Waals surface area contributed by atoms with Gasteiger partial charge in [-0.2, -0.15) is 0 Å². The van der Waals surface area contributed by atoms with Gasteiger partial charge in [0.05, 0.1) is 18.6 Å². The van der Waals surface area contributed by atoms with Crippen LogP contribution in [-0.4, -0.2) is 40.8 Å². The summed E-state index contributed by atoms with van der Waals surface area (Å²) in [5.74, 6) is 1.04. The molecule has 1 aliphatic rings. The summed E-state index contributed by atoms with van der Waals surface area (Å²) in [6, 6.07) is 10.5. The van der Waals surface area contributed by atoms with Crippen molar-refractivity contribution in [1.82, 2.24) is 14.5 Å². The fourth-order valence-electron chi connectivity index (χ4n) is 3.42. The second kappa shape index (κ2) is 6.24. The minimum absolute atomic E-state index is 0.758. The van der Waals surface area contributed by atoms with Gasteiger partial charge in [0.25, 0.3) is 0 Å². The van der Waals surface area contributed by atoms with Crippen LogP contribution in [0.4, 0.5) is 5.82 Å². The molecule has 1 aliphatic heterocycles. The van der Waals surface area contributed by atoms with Crippen LogP contribution in [0.2, 0.25) is 0 Å². The van der Waals surface area contributed by atoms with Gasteiger partial charge in [-0.25, -0.2) is 9.97 Å². The van der Waals surface area contributed by atoms with Crippen LogP contribution in [0.15, 0.2) is 36.7 Å². The number of hydrogen-bond acceptors (Lipinski definition) is 4. The Labute approximate surface area is 141 Å². The lowest BCUT2D eigenvalue weighted by Crippen LogP contribution is -2.36. The van der Waals surface area contributed by atoms with Gasteiger partial charge in [0.1, 0.15) is 17.8 Å². The molecule has 0 bridgehead atoms. The zero-order valence-electron chi connectivity index (χ0n) is 14.2. The molecule has 0 spiro atoms. The Kier molecular flexibility index (Phi) is 3.94. The number of morpholine rings is 1. The van der Waals surface area contributed by atoms with Crippen LogP contribution < -0.4 is 4.90 Å². The van der Waals surface area contributed by atoms with Crippen LogP contribution in [0.5, 0.6) is 0 Å². The van der Waals surface area contributed by atoms with E-state index in [0.717, 1.165) is 44.3 Å². The molecule has 3 aromatic rings. The van der Waals surface area contributed by atoms with Crippen LogP contribution in [0.25, 0.3) is 11.0 Å². The largest absolute Gasteiger partial charge is 0.378 e. The van der Waals surface area contributed by atoms with Crippen molar-refractivity contribution in [3.8, 4) is 0 Å². The molecule has 5 nitrogen and oxygen atoms in total. The predicted molar refractivity (Wildman–Crippen MR) is 95.6 cm³/mol. The van der Waals surface area contributed by atoms with Crippen LogP contribution >= 0.6 is 0 Å². The van der Waals surface area contributed by atoms with E-state index >= 15 is 0 Å². The zero-order valence-corrected chi connectivity index (χ0v) is 14.2. The summed E-state index contributed by atoms with van der Waals surface area (Å²) in [6.45, 7) is 8.46. The van der Waals surface area contributed by atoms with Gasteiger partial charge in [0.2, 0.25) is 0 Å². The minimum Gasteiger partial charge on any atom is -0.378 e. The molecule has 0 atom stereocenters. The van der Waals surface area contributed by atoms with E-state index in [1.54, 1.807) is 6.33 Å². The summed E-state index contributed by atoms with van der Waals surface area (Å²) in [5, 5.41) is 1.17. The third-order valence-corrected chi connectivity index (χ3v) is 4.88. The molecule has 0 N–H and O–H groups in total. The molecule has 0 saturated carbocycles. The summed E-state index contributed by atoms with van der Waals surface area (Å²) in [7, 11) is 0. The van der Waals surface area contributed by atoms with E-state index in [4.69, 9.17) is 4.74 Å². The van der Waals surface area contributed by atoms with Crippen LogP contribution in [0, 0.1) is 13.8 Å². The highest BCUT2D eigenvalue weighted by Crippen LogP contribution is 2.31. The summed E-state index contributed by atoms with van der Waals surface area (Å²) in [6.07, 6.45) is 1.69. The van der Waals surface area contributed by atoms with E-state index < -0.39 is 0 Å². The standard InChI is InChI=1S/C19H22N4O/c1-14-15(2)23(12-16-6-4-3-5-7-16)19-17(14)18(20-13-21-19)22-8-10-24-11-9-22/h3-7,13H,8-12H2,1-2H3. The molecule has 124 valence electrons. The van der Waals surface area contributed by atoms with Gasteiger partial charge in [0, 0.05) is 25.3 Å². The van der Waals surface area contributed by atoms with Gasteiger partial charge in [0.15, 0.2) is 0 Å². The quantitative estimate of drug-likeness (QED) is 0.743. The topological polar surface area (TPSA) is 43.2 Å². The van der Waals surface area contributed by atoms with Gasteiger partial charge < -0.3 is 14.2 Å². The highest BCUT2D eigenvalue weighted by atomic mass is 16.5. The van der Waals surface area contributed by atoms with Crippen molar-refractivity contribution >= 4 is 16.9 Å².